The second-order valence-corrected chi connectivity index (χ2v) is 7.90. The second-order valence-electron chi connectivity index (χ2n) is 6.69. The number of benzene rings is 2. The monoisotopic (exact) mass is 405 g/mol. The first-order valence-corrected chi connectivity index (χ1v) is 9.90. The molecule has 0 fully saturated rings. The summed E-state index contributed by atoms with van der Waals surface area (Å²) in [4.78, 5) is 30.9. The average molecular weight is 405 g/mol. The molecule has 0 aliphatic heterocycles. The van der Waals surface area contributed by atoms with Crippen LogP contribution in [0.2, 0.25) is 0 Å². The van der Waals surface area contributed by atoms with Gasteiger partial charge in [0, 0.05) is 22.7 Å². The normalized spacial score (nSPS) is 10.8. The van der Waals surface area contributed by atoms with Crippen molar-refractivity contribution in [3.8, 4) is 5.75 Å². The zero-order valence-corrected chi connectivity index (χ0v) is 16.8. The van der Waals surface area contributed by atoms with Crippen molar-refractivity contribution in [3.63, 3.8) is 0 Å². The molecule has 0 saturated heterocycles. The molecule has 0 saturated carbocycles. The van der Waals surface area contributed by atoms with E-state index in [9.17, 15) is 9.59 Å². The summed E-state index contributed by atoms with van der Waals surface area (Å²) in [6.07, 6.45) is 1.78. The molecule has 29 heavy (non-hydrogen) atoms. The number of hydrogen-bond acceptors (Lipinski definition) is 5. The van der Waals surface area contributed by atoms with E-state index >= 15 is 0 Å². The molecule has 1 N–H and O–H groups in total. The van der Waals surface area contributed by atoms with E-state index in [1.807, 2.05) is 44.2 Å². The Kier molecular flexibility index (Phi) is 5.14. The van der Waals surface area contributed by atoms with Crippen LogP contribution < -0.4 is 15.6 Å². The first kappa shape index (κ1) is 18.9. The van der Waals surface area contributed by atoms with E-state index < -0.39 is 0 Å². The highest BCUT2D eigenvalue weighted by Crippen LogP contribution is 2.27. The Balaban J connectivity index is 1.56. The van der Waals surface area contributed by atoms with Gasteiger partial charge < -0.3 is 10.1 Å². The topological polar surface area (TPSA) is 72.7 Å². The molecule has 146 valence electrons. The number of rotatable bonds is 5. The highest BCUT2D eigenvalue weighted by atomic mass is 32.1. The van der Waals surface area contributed by atoms with Crippen molar-refractivity contribution in [2.45, 2.75) is 20.5 Å². The molecule has 0 bridgehead atoms. The van der Waals surface area contributed by atoms with Crippen LogP contribution >= 0.6 is 11.3 Å². The number of ether oxygens (including phenoxy) is 1. The average Bonchev–Trinajstić information content (AvgIpc) is 3.09. The fourth-order valence-electron chi connectivity index (χ4n) is 2.92. The van der Waals surface area contributed by atoms with Gasteiger partial charge in [0.15, 0.2) is 4.96 Å². The summed E-state index contributed by atoms with van der Waals surface area (Å²) in [6, 6.07) is 16.0. The number of nitrogens with zero attached hydrogens (tertiary/aromatic N) is 2. The molecule has 0 atom stereocenters. The number of aromatic nitrogens is 2. The fourth-order valence-corrected chi connectivity index (χ4v) is 3.77. The Morgan fingerprint density at radius 2 is 1.93 bits per heavy atom. The van der Waals surface area contributed by atoms with Gasteiger partial charge in [-0.15, -0.1) is 11.3 Å². The number of carbonyl (C=O) groups excluding carboxylic acids is 1. The van der Waals surface area contributed by atoms with Gasteiger partial charge in [0.25, 0.3) is 11.5 Å². The smallest absolute Gasteiger partial charge is 0.258 e. The van der Waals surface area contributed by atoms with Crippen molar-refractivity contribution in [2.75, 3.05) is 5.32 Å². The maximum absolute atomic E-state index is 12.5. The van der Waals surface area contributed by atoms with Gasteiger partial charge in [-0.25, -0.2) is 4.98 Å². The van der Waals surface area contributed by atoms with E-state index in [0.29, 0.717) is 27.7 Å². The van der Waals surface area contributed by atoms with Gasteiger partial charge in [-0.2, -0.15) is 0 Å². The summed E-state index contributed by atoms with van der Waals surface area (Å²) in [7, 11) is 0. The van der Waals surface area contributed by atoms with Crippen LogP contribution in [0, 0.1) is 13.8 Å². The predicted molar refractivity (Wildman–Crippen MR) is 114 cm³/mol. The van der Waals surface area contributed by atoms with E-state index in [4.69, 9.17) is 4.74 Å². The van der Waals surface area contributed by atoms with Crippen LogP contribution in [-0.2, 0) is 6.61 Å². The van der Waals surface area contributed by atoms with E-state index in [1.54, 1.807) is 24.4 Å². The molecule has 6 nitrogen and oxygen atoms in total. The molecule has 0 spiro atoms. The van der Waals surface area contributed by atoms with Crippen LogP contribution in [0.15, 0.2) is 65.6 Å². The first-order chi connectivity index (χ1) is 14.0. The zero-order chi connectivity index (χ0) is 20.4. The summed E-state index contributed by atoms with van der Waals surface area (Å²) >= 11 is 1.45. The largest absolute Gasteiger partial charge is 0.485 e. The van der Waals surface area contributed by atoms with E-state index in [0.717, 1.165) is 10.4 Å². The summed E-state index contributed by atoms with van der Waals surface area (Å²) < 4.78 is 7.46. The standard InChI is InChI=1S/C22H19N3O3S/c1-14-8-9-18(24-21(27)16-6-4-3-5-7-16)19(10-14)28-13-17-11-20(26)25-12-15(2)29-22(25)23-17/h3-12H,13H2,1-2H3,(H,24,27). The SMILES string of the molecule is Cc1ccc(NC(=O)c2ccccc2)c(OCc2cc(=O)n3cc(C)sc3n2)c1. The van der Waals surface area contributed by atoms with Crippen LogP contribution in [0.4, 0.5) is 5.69 Å². The number of fused-ring (bicyclic) bond motifs is 1. The Morgan fingerprint density at radius 1 is 1.14 bits per heavy atom. The number of hydrogen-bond donors (Lipinski definition) is 1. The van der Waals surface area contributed by atoms with E-state index in [2.05, 4.69) is 10.3 Å². The predicted octanol–water partition coefficient (Wildman–Crippen LogP) is 4.20. The minimum atomic E-state index is -0.217. The third kappa shape index (κ3) is 4.20. The number of aryl methyl sites for hydroxylation is 2. The van der Waals surface area contributed by atoms with Gasteiger partial charge in [0.1, 0.15) is 12.4 Å². The Bertz CT molecular complexity index is 1250. The van der Waals surface area contributed by atoms with Crippen molar-refractivity contribution in [2.24, 2.45) is 0 Å². The maximum atomic E-state index is 12.5. The van der Waals surface area contributed by atoms with E-state index in [1.165, 1.54) is 21.8 Å². The highest BCUT2D eigenvalue weighted by Gasteiger charge is 2.12. The van der Waals surface area contributed by atoms with Gasteiger partial charge >= 0.3 is 0 Å². The molecule has 4 aromatic rings. The molecule has 0 unspecified atom stereocenters. The van der Waals surface area contributed by atoms with Crippen molar-refractivity contribution in [1.82, 2.24) is 9.38 Å². The molecule has 0 aliphatic rings. The zero-order valence-electron chi connectivity index (χ0n) is 16.0. The maximum Gasteiger partial charge on any atom is 0.258 e. The first-order valence-electron chi connectivity index (χ1n) is 9.08. The van der Waals surface area contributed by atoms with Crippen LogP contribution in [0.25, 0.3) is 4.96 Å². The number of nitrogens with one attached hydrogen (secondary N) is 1. The summed E-state index contributed by atoms with van der Waals surface area (Å²) in [5.41, 5.74) is 2.52. The molecular weight excluding hydrogens is 386 g/mol. The number of thiazole rings is 1. The molecule has 4 rings (SSSR count). The lowest BCUT2D eigenvalue weighted by Crippen LogP contribution is -2.15. The van der Waals surface area contributed by atoms with Gasteiger partial charge in [-0.1, -0.05) is 24.3 Å². The lowest BCUT2D eigenvalue weighted by molar-refractivity contribution is 0.102. The highest BCUT2D eigenvalue weighted by molar-refractivity contribution is 7.16. The summed E-state index contributed by atoms with van der Waals surface area (Å²) in [5.74, 6) is 0.310. The van der Waals surface area contributed by atoms with Gasteiger partial charge in [-0.3, -0.25) is 14.0 Å². The Morgan fingerprint density at radius 3 is 2.72 bits per heavy atom. The third-order valence-corrected chi connectivity index (χ3v) is 5.23. The van der Waals surface area contributed by atoms with Crippen LogP contribution in [-0.4, -0.2) is 15.3 Å². The van der Waals surface area contributed by atoms with Gasteiger partial charge in [0.2, 0.25) is 0 Å². The van der Waals surface area contributed by atoms with Crippen LogP contribution in [0.5, 0.6) is 5.75 Å². The quantitative estimate of drug-likeness (QED) is 0.540. The van der Waals surface area contributed by atoms with Crippen molar-refractivity contribution < 1.29 is 9.53 Å². The van der Waals surface area contributed by atoms with Crippen molar-refractivity contribution in [3.05, 3.63) is 92.8 Å². The van der Waals surface area contributed by atoms with Crippen molar-refractivity contribution in [1.29, 1.82) is 0 Å². The van der Waals surface area contributed by atoms with Gasteiger partial charge in [-0.05, 0) is 43.7 Å². The molecule has 2 heterocycles. The lowest BCUT2D eigenvalue weighted by Gasteiger charge is -2.13. The van der Waals surface area contributed by atoms with Crippen molar-refractivity contribution >= 4 is 27.9 Å². The number of amides is 1. The van der Waals surface area contributed by atoms with Gasteiger partial charge in [0.05, 0.1) is 11.4 Å². The fraction of sp³-hybridized carbons (Fsp3) is 0.136. The third-order valence-electron chi connectivity index (χ3n) is 4.33. The van der Waals surface area contributed by atoms with Crippen LogP contribution in [0.1, 0.15) is 26.5 Å². The molecule has 2 aromatic heterocycles. The second kappa shape index (κ2) is 7.89. The van der Waals surface area contributed by atoms with E-state index in [-0.39, 0.29) is 18.1 Å². The Labute approximate surface area is 171 Å². The van der Waals surface area contributed by atoms with Crippen LogP contribution in [0.3, 0.4) is 0 Å². The molecule has 2 aromatic carbocycles. The molecule has 1 amide bonds. The lowest BCUT2D eigenvalue weighted by atomic mass is 10.2. The molecule has 7 heteroatoms. The summed E-state index contributed by atoms with van der Waals surface area (Å²) in [5, 5.41) is 2.89. The number of carbonyl (C=O) groups is 1. The minimum absolute atomic E-state index is 0.125. The molecule has 0 aliphatic carbocycles. The molecule has 0 radical (unpaired) electrons. The minimum Gasteiger partial charge on any atom is -0.485 e. The summed E-state index contributed by atoms with van der Waals surface area (Å²) in [6.45, 7) is 4.00. The Hall–Kier alpha value is -3.45. The number of anilines is 1. The molecular formula is C22H19N3O3S.